The number of alkyl carbamates (subject to hydrolysis) is 1. The van der Waals surface area contributed by atoms with Gasteiger partial charge in [-0.25, -0.2) is 4.79 Å². The van der Waals surface area contributed by atoms with Gasteiger partial charge in [-0.3, -0.25) is 0 Å². The molecule has 5 heteroatoms. The highest BCUT2D eigenvalue weighted by atomic mass is 28.4. The highest BCUT2D eigenvalue weighted by Gasteiger charge is 2.37. The van der Waals surface area contributed by atoms with Crippen LogP contribution in [0.2, 0.25) is 18.1 Å². The van der Waals surface area contributed by atoms with Gasteiger partial charge in [0.15, 0.2) is 8.32 Å². The number of hydrogen-bond donors (Lipinski definition) is 1. The Balaban J connectivity index is 1.98. The van der Waals surface area contributed by atoms with Crippen molar-refractivity contribution in [2.24, 2.45) is 0 Å². The second kappa shape index (κ2) is 9.89. The summed E-state index contributed by atoms with van der Waals surface area (Å²) in [5.41, 5.74) is 2.13. The number of rotatable bonds is 8. The average Bonchev–Trinajstić information content (AvgIpc) is 2.65. The van der Waals surface area contributed by atoms with Gasteiger partial charge in [-0.1, -0.05) is 81.4 Å². The maximum Gasteiger partial charge on any atom is 0.407 e. The van der Waals surface area contributed by atoms with E-state index in [-0.39, 0.29) is 17.7 Å². The van der Waals surface area contributed by atoms with E-state index in [2.05, 4.69) is 51.3 Å². The van der Waals surface area contributed by atoms with Gasteiger partial charge in [0.1, 0.15) is 6.61 Å². The van der Waals surface area contributed by atoms with Crippen molar-refractivity contribution in [1.29, 1.82) is 0 Å². The molecule has 0 fully saturated rings. The third-order valence-corrected chi connectivity index (χ3v) is 9.81. The van der Waals surface area contributed by atoms with E-state index in [0.717, 1.165) is 11.1 Å². The van der Waals surface area contributed by atoms with Crippen LogP contribution >= 0.6 is 0 Å². The molecule has 2 rings (SSSR count). The summed E-state index contributed by atoms with van der Waals surface area (Å²) in [6.45, 7) is 11.8. The van der Waals surface area contributed by atoms with Crippen LogP contribution < -0.4 is 5.32 Å². The van der Waals surface area contributed by atoms with E-state index in [0.29, 0.717) is 13.0 Å². The van der Waals surface area contributed by atoms with E-state index in [1.807, 2.05) is 48.5 Å². The Bertz CT molecular complexity index is 727. The minimum atomic E-state index is -1.90. The monoisotopic (exact) mass is 399 g/mol. The van der Waals surface area contributed by atoms with Gasteiger partial charge in [0.25, 0.3) is 0 Å². The quantitative estimate of drug-likeness (QED) is 0.592. The predicted molar refractivity (Wildman–Crippen MR) is 117 cm³/mol. The first-order valence-corrected chi connectivity index (χ1v) is 12.7. The zero-order chi connectivity index (χ0) is 20.6. The van der Waals surface area contributed by atoms with Gasteiger partial charge in [-0.15, -0.1) is 0 Å². The second-order valence-electron chi connectivity index (χ2n) is 8.66. The molecule has 0 aliphatic carbocycles. The lowest BCUT2D eigenvalue weighted by Crippen LogP contribution is -2.47. The van der Waals surface area contributed by atoms with Gasteiger partial charge in [-0.2, -0.15) is 0 Å². The van der Waals surface area contributed by atoms with Gasteiger partial charge >= 0.3 is 6.09 Å². The van der Waals surface area contributed by atoms with E-state index >= 15 is 0 Å². The van der Waals surface area contributed by atoms with E-state index in [1.165, 1.54) is 0 Å². The lowest BCUT2D eigenvalue weighted by Gasteiger charge is -2.37. The molecule has 2 aromatic rings. The molecule has 0 heterocycles. The van der Waals surface area contributed by atoms with E-state index in [1.54, 1.807) is 0 Å². The first kappa shape index (κ1) is 22.2. The average molecular weight is 400 g/mol. The largest absolute Gasteiger partial charge is 0.445 e. The van der Waals surface area contributed by atoms with Crippen molar-refractivity contribution in [3.8, 4) is 0 Å². The van der Waals surface area contributed by atoms with Crippen molar-refractivity contribution >= 4 is 14.4 Å². The van der Waals surface area contributed by atoms with Crippen LogP contribution in [0.1, 0.15) is 31.9 Å². The summed E-state index contributed by atoms with van der Waals surface area (Å²) >= 11 is 0. The van der Waals surface area contributed by atoms with E-state index in [4.69, 9.17) is 9.16 Å². The van der Waals surface area contributed by atoms with Crippen LogP contribution in [0.25, 0.3) is 0 Å². The number of ether oxygens (including phenoxy) is 1. The van der Waals surface area contributed by atoms with Crippen molar-refractivity contribution in [2.45, 2.75) is 58.0 Å². The summed E-state index contributed by atoms with van der Waals surface area (Å²) in [6, 6.07) is 19.7. The molecule has 4 nitrogen and oxygen atoms in total. The molecule has 0 bridgehead atoms. The molecule has 0 spiro atoms. The van der Waals surface area contributed by atoms with Crippen LogP contribution in [-0.4, -0.2) is 27.1 Å². The van der Waals surface area contributed by atoms with E-state index < -0.39 is 14.4 Å². The summed E-state index contributed by atoms with van der Waals surface area (Å²) in [4.78, 5) is 12.4. The maximum atomic E-state index is 12.4. The summed E-state index contributed by atoms with van der Waals surface area (Å²) in [7, 11) is -1.90. The Morgan fingerprint density at radius 1 is 0.964 bits per heavy atom. The first-order valence-electron chi connectivity index (χ1n) is 9.82. The molecule has 152 valence electrons. The van der Waals surface area contributed by atoms with Gasteiger partial charge in [-0.05, 0) is 35.7 Å². The molecule has 0 aromatic heterocycles. The predicted octanol–water partition coefficient (Wildman–Crippen LogP) is 5.55. The SMILES string of the molecule is CC(C)(C)[Si](C)(C)OC[C@H](Cc1ccccc1)NC(=O)OCc1ccccc1. The van der Waals surface area contributed by atoms with Crippen molar-refractivity contribution < 1.29 is 14.0 Å². The standard InChI is InChI=1S/C23H33NO3Si/c1-23(2,3)28(4,5)27-18-21(16-19-12-8-6-9-13-19)24-22(25)26-17-20-14-10-7-11-15-20/h6-15,21H,16-18H2,1-5H3,(H,24,25)/t21-/m0/s1. The van der Waals surface area contributed by atoms with Crippen LogP contribution in [0.4, 0.5) is 4.79 Å². The zero-order valence-corrected chi connectivity index (χ0v) is 18.7. The lowest BCUT2D eigenvalue weighted by atomic mass is 10.1. The Kier molecular flexibility index (Phi) is 7.84. The number of carbonyl (C=O) groups excluding carboxylic acids is 1. The summed E-state index contributed by atoms with van der Waals surface area (Å²) in [5.74, 6) is 0. The molecule has 0 saturated carbocycles. The fraction of sp³-hybridized carbons (Fsp3) is 0.435. The maximum absolute atomic E-state index is 12.4. The number of carbonyl (C=O) groups is 1. The van der Waals surface area contributed by atoms with Gasteiger partial charge < -0.3 is 14.5 Å². The second-order valence-corrected chi connectivity index (χ2v) is 13.5. The third-order valence-electron chi connectivity index (χ3n) is 5.31. The zero-order valence-electron chi connectivity index (χ0n) is 17.7. The number of hydrogen-bond acceptors (Lipinski definition) is 3. The van der Waals surface area contributed by atoms with Crippen molar-refractivity contribution in [3.05, 3.63) is 71.8 Å². The Morgan fingerprint density at radius 2 is 1.50 bits per heavy atom. The Morgan fingerprint density at radius 3 is 2.04 bits per heavy atom. The highest BCUT2D eigenvalue weighted by Crippen LogP contribution is 2.36. The molecule has 0 saturated heterocycles. The van der Waals surface area contributed by atoms with Crippen LogP contribution in [0.5, 0.6) is 0 Å². The molecule has 1 amide bonds. The van der Waals surface area contributed by atoms with Crippen LogP contribution in [0.3, 0.4) is 0 Å². The minimum absolute atomic E-state index is 0.123. The summed E-state index contributed by atoms with van der Waals surface area (Å²) in [5, 5.41) is 3.12. The van der Waals surface area contributed by atoms with Crippen LogP contribution in [0, 0.1) is 0 Å². The normalized spacial score (nSPS) is 13.0. The molecule has 28 heavy (non-hydrogen) atoms. The molecule has 0 aliphatic heterocycles. The van der Waals surface area contributed by atoms with Gasteiger partial charge in [0.2, 0.25) is 0 Å². The topological polar surface area (TPSA) is 47.6 Å². The fourth-order valence-electron chi connectivity index (χ4n) is 2.51. The third kappa shape index (κ3) is 7.13. The van der Waals surface area contributed by atoms with Crippen molar-refractivity contribution in [1.82, 2.24) is 5.32 Å². The molecule has 1 atom stereocenters. The Labute approximate surface area is 170 Å². The van der Waals surface area contributed by atoms with Crippen LogP contribution in [0.15, 0.2) is 60.7 Å². The minimum Gasteiger partial charge on any atom is -0.445 e. The number of nitrogens with one attached hydrogen (secondary N) is 1. The molecular formula is C23H33NO3Si. The fourth-order valence-corrected chi connectivity index (χ4v) is 3.56. The Hall–Kier alpha value is -2.11. The van der Waals surface area contributed by atoms with Crippen LogP contribution in [-0.2, 0) is 22.2 Å². The summed E-state index contributed by atoms with van der Waals surface area (Å²) < 4.78 is 11.8. The molecule has 2 aromatic carbocycles. The highest BCUT2D eigenvalue weighted by molar-refractivity contribution is 6.74. The lowest BCUT2D eigenvalue weighted by molar-refractivity contribution is 0.129. The van der Waals surface area contributed by atoms with Crippen molar-refractivity contribution in [3.63, 3.8) is 0 Å². The first-order chi connectivity index (χ1) is 13.2. The molecular weight excluding hydrogens is 366 g/mol. The molecule has 0 unspecified atom stereocenters. The smallest absolute Gasteiger partial charge is 0.407 e. The van der Waals surface area contributed by atoms with Crippen molar-refractivity contribution in [2.75, 3.05) is 6.61 Å². The molecule has 0 aliphatic rings. The number of benzene rings is 2. The van der Waals surface area contributed by atoms with E-state index in [9.17, 15) is 4.79 Å². The number of amides is 1. The van der Waals surface area contributed by atoms with Gasteiger partial charge in [0.05, 0.1) is 12.6 Å². The summed E-state index contributed by atoms with van der Waals surface area (Å²) in [6.07, 6.45) is 0.291. The molecule has 0 radical (unpaired) electrons. The van der Waals surface area contributed by atoms with Gasteiger partial charge in [0, 0.05) is 0 Å². The molecule has 1 N–H and O–H groups in total.